The topological polar surface area (TPSA) is 68.4 Å². The Morgan fingerprint density at radius 1 is 1.26 bits per heavy atom. The second-order valence-electron chi connectivity index (χ2n) is 4.88. The molecular formula is C14H16N2O3. The Hall–Kier alpha value is -1.88. The molecule has 0 aliphatic carbocycles. The number of hydrogen-bond acceptors (Lipinski definition) is 5. The molecule has 1 N–H and O–H groups in total. The molecule has 3 rings (SSSR count). The van der Waals surface area contributed by atoms with E-state index in [0.29, 0.717) is 18.2 Å². The van der Waals surface area contributed by atoms with Crippen LogP contribution < -0.4 is 0 Å². The largest absolute Gasteiger partial charge is 0.508 e. The number of aromatic nitrogens is 2. The zero-order valence-corrected chi connectivity index (χ0v) is 10.6. The van der Waals surface area contributed by atoms with Crippen LogP contribution in [0, 0.1) is 5.92 Å². The lowest BCUT2D eigenvalue weighted by Gasteiger charge is -2.01. The summed E-state index contributed by atoms with van der Waals surface area (Å²) in [6.45, 7) is 1.63. The minimum absolute atomic E-state index is 0.260. The van der Waals surface area contributed by atoms with E-state index in [9.17, 15) is 5.11 Å². The van der Waals surface area contributed by atoms with Crippen molar-refractivity contribution in [3.63, 3.8) is 0 Å². The monoisotopic (exact) mass is 260 g/mol. The van der Waals surface area contributed by atoms with Crippen LogP contribution in [0.5, 0.6) is 5.75 Å². The standard InChI is InChI=1S/C14H16N2O3/c17-12-3-1-10(2-4-12)8-14-15-13(16-19-14)7-11-5-6-18-9-11/h1-4,11,17H,5-9H2. The first-order valence-electron chi connectivity index (χ1n) is 6.47. The molecular weight excluding hydrogens is 244 g/mol. The van der Waals surface area contributed by atoms with E-state index in [1.54, 1.807) is 12.1 Å². The van der Waals surface area contributed by atoms with Gasteiger partial charge in [-0.3, -0.25) is 0 Å². The highest BCUT2D eigenvalue weighted by Crippen LogP contribution is 2.17. The summed E-state index contributed by atoms with van der Waals surface area (Å²) < 4.78 is 10.6. The number of ether oxygens (including phenoxy) is 1. The van der Waals surface area contributed by atoms with Gasteiger partial charge in [0.25, 0.3) is 0 Å². The third-order valence-electron chi connectivity index (χ3n) is 3.30. The van der Waals surface area contributed by atoms with Gasteiger partial charge in [-0.15, -0.1) is 0 Å². The molecule has 0 bridgehead atoms. The summed E-state index contributed by atoms with van der Waals surface area (Å²) >= 11 is 0. The molecule has 0 radical (unpaired) electrons. The number of rotatable bonds is 4. The van der Waals surface area contributed by atoms with Crippen LogP contribution in [0.4, 0.5) is 0 Å². The molecule has 1 aliphatic rings. The van der Waals surface area contributed by atoms with Gasteiger partial charge in [-0.25, -0.2) is 0 Å². The summed E-state index contributed by atoms with van der Waals surface area (Å²) in [5.41, 5.74) is 1.04. The molecule has 0 amide bonds. The lowest BCUT2D eigenvalue weighted by atomic mass is 10.1. The van der Waals surface area contributed by atoms with Crippen LogP contribution in [0.15, 0.2) is 28.8 Å². The highest BCUT2D eigenvalue weighted by molar-refractivity contribution is 5.27. The number of phenols is 1. The summed E-state index contributed by atoms with van der Waals surface area (Å²) in [6.07, 6.45) is 2.48. The van der Waals surface area contributed by atoms with Gasteiger partial charge in [0.2, 0.25) is 5.89 Å². The van der Waals surface area contributed by atoms with Gasteiger partial charge in [-0.2, -0.15) is 4.98 Å². The second-order valence-corrected chi connectivity index (χ2v) is 4.88. The summed E-state index contributed by atoms with van der Waals surface area (Å²) in [4.78, 5) is 4.40. The predicted molar refractivity (Wildman–Crippen MR) is 67.8 cm³/mol. The first-order valence-corrected chi connectivity index (χ1v) is 6.47. The fourth-order valence-corrected chi connectivity index (χ4v) is 2.24. The lowest BCUT2D eigenvalue weighted by Crippen LogP contribution is -2.05. The van der Waals surface area contributed by atoms with Crippen LogP contribution in [0.1, 0.15) is 23.7 Å². The molecule has 1 unspecified atom stereocenters. The molecule has 1 saturated heterocycles. The Labute approximate surface area is 111 Å². The molecule has 2 aromatic rings. The quantitative estimate of drug-likeness (QED) is 0.909. The van der Waals surface area contributed by atoms with Crippen molar-refractivity contribution in [2.75, 3.05) is 13.2 Å². The van der Waals surface area contributed by atoms with E-state index < -0.39 is 0 Å². The Balaban J connectivity index is 1.62. The first kappa shape index (κ1) is 12.2. The third kappa shape index (κ3) is 3.12. The number of aromatic hydroxyl groups is 1. The molecule has 1 fully saturated rings. The van der Waals surface area contributed by atoms with Crippen LogP contribution in [-0.4, -0.2) is 28.5 Å². The third-order valence-corrected chi connectivity index (χ3v) is 3.30. The van der Waals surface area contributed by atoms with Crippen LogP contribution in [0.3, 0.4) is 0 Å². The van der Waals surface area contributed by atoms with Crippen LogP contribution in [0.2, 0.25) is 0 Å². The van der Waals surface area contributed by atoms with E-state index in [1.165, 1.54) is 0 Å². The fourth-order valence-electron chi connectivity index (χ4n) is 2.24. The first-order chi connectivity index (χ1) is 9.29. The zero-order chi connectivity index (χ0) is 13.1. The maximum Gasteiger partial charge on any atom is 0.231 e. The SMILES string of the molecule is Oc1ccc(Cc2nc(CC3CCOC3)no2)cc1. The Kier molecular flexibility index (Phi) is 3.46. The van der Waals surface area contributed by atoms with Gasteiger partial charge < -0.3 is 14.4 Å². The maximum absolute atomic E-state index is 9.22. The maximum atomic E-state index is 9.22. The molecule has 5 heteroatoms. The summed E-state index contributed by atoms with van der Waals surface area (Å²) in [6, 6.07) is 7.01. The van der Waals surface area contributed by atoms with Crippen molar-refractivity contribution in [2.24, 2.45) is 5.92 Å². The number of phenolic OH excluding ortho intramolecular Hbond substituents is 1. The average Bonchev–Trinajstić information content (AvgIpc) is 3.05. The normalized spacial score (nSPS) is 18.8. The number of nitrogens with zero attached hydrogens (tertiary/aromatic N) is 2. The molecule has 1 aliphatic heterocycles. The lowest BCUT2D eigenvalue weighted by molar-refractivity contribution is 0.185. The van der Waals surface area contributed by atoms with Gasteiger partial charge in [-0.05, 0) is 30.0 Å². The molecule has 100 valence electrons. The van der Waals surface area contributed by atoms with E-state index in [0.717, 1.165) is 37.4 Å². The molecule has 1 atom stereocenters. The van der Waals surface area contributed by atoms with E-state index in [2.05, 4.69) is 10.1 Å². The molecule has 5 nitrogen and oxygen atoms in total. The molecule has 1 aromatic heterocycles. The van der Waals surface area contributed by atoms with E-state index >= 15 is 0 Å². The summed E-state index contributed by atoms with van der Waals surface area (Å²) in [5, 5.41) is 13.2. The Morgan fingerprint density at radius 3 is 2.84 bits per heavy atom. The van der Waals surface area contributed by atoms with Gasteiger partial charge >= 0.3 is 0 Å². The van der Waals surface area contributed by atoms with Crippen molar-refractivity contribution in [1.29, 1.82) is 0 Å². The molecule has 19 heavy (non-hydrogen) atoms. The summed E-state index contributed by atoms with van der Waals surface area (Å²) in [7, 11) is 0. The van der Waals surface area contributed by atoms with Gasteiger partial charge in [0.05, 0.1) is 6.42 Å². The van der Waals surface area contributed by atoms with Gasteiger partial charge in [0.1, 0.15) is 5.75 Å². The number of hydrogen-bond donors (Lipinski definition) is 1. The number of benzene rings is 1. The van der Waals surface area contributed by atoms with Crippen molar-refractivity contribution in [1.82, 2.24) is 10.1 Å². The van der Waals surface area contributed by atoms with E-state index in [1.807, 2.05) is 12.1 Å². The summed E-state index contributed by atoms with van der Waals surface area (Å²) in [5.74, 6) is 2.14. The second kappa shape index (κ2) is 5.40. The van der Waals surface area contributed by atoms with Crippen LogP contribution in [-0.2, 0) is 17.6 Å². The Bertz CT molecular complexity index is 530. The van der Waals surface area contributed by atoms with Gasteiger partial charge in [0, 0.05) is 19.6 Å². The highest BCUT2D eigenvalue weighted by atomic mass is 16.5. The van der Waals surface area contributed by atoms with Crippen molar-refractivity contribution in [3.8, 4) is 5.75 Å². The minimum Gasteiger partial charge on any atom is -0.508 e. The van der Waals surface area contributed by atoms with Crippen LogP contribution in [0.25, 0.3) is 0 Å². The molecule has 0 spiro atoms. The minimum atomic E-state index is 0.260. The smallest absolute Gasteiger partial charge is 0.231 e. The van der Waals surface area contributed by atoms with E-state index in [-0.39, 0.29) is 5.75 Å². The predicted octanol–water partition coefficient (Wildman–Crippen LogP) is 1.94. The average molecular weight is 260 g/mol. The van der Waals surface area contributed by atoms with Crippen LogP contribution >= 0.6 is 0 Å². The van der Waals surface area contributed by atoms with Crippen molar-refractivity contribution in [2.45, 2.75) is 19.3 Å². The van der Waals surface area contributed by atoms with Crippen molar-refractivity contribution in [3.05, 3.63) is 41.5 Å². The molecule has 2 heterocycles. The van der Waals surface area contributed by atoms with Gasteiger partial charge in [-0.1, -0.05) is 17.3 Å². The highest BCUT2D eigenvalue weighted by Gasteiger charge is 2.19. The fraction of sp³-hybridized carbons (Fsp3) is 0.429. The Morgan fingerprint density at radius 2 is 2.11 bits per heavy atom. The molecule has 1 aromatic carbocycles. The van der Waals surface area contributed by atoms with Crippen molar-refractivity contribution >= 4 is 0 Å². The zero-order valence-electron chi connectivity index (χ0n) is 10.6. The van der Waals surface area contributed by atoms with Gasteiger partial charge in [0.15, 0.2) is 5.82 Å². The van der Waals surface area contributed by atoms with Crippen molar-refractivity contribution < 1.29 is 14.4 Å². The van der Waals surface area contributed by atoms with E-state index in [4.69, 9.17) is 9.26 Å². The molecule has 0 saturated carbocycles.